The number of nitrogens with zero attached hydrogens (tertiary/aromatic N) is 2. The lowest BCUT2D eigenvalue weighted by Crippen LogP contribution is -2.17. The van der Waals surface area contributed by atoms with Crippen molar-refractivity contribution in [1.29, 1.82) is 0 Å². The molecule has 0 aliphatic heterocycles. The van der Waals surface area contributed by atoms with Crippen LogP contribution in [0, 0.1) is 0 Å². The maximum Gasteiger partial charge on any atom is 0.390 e. The van der Waals surface area contributed by atoms with Gasteiger partial charge in [-0.15, -0.1) is 0 Å². The molecule has 0 atom stereocenters. The maximum atomic E-state index is 12.0. The number of nitrogens with two attached hydrogens (primary N) is 1. The third kappa shape index (κ3) is 4.64. The molecule has 8 heteroatoms. The molecule has 0 aromatic carbocycles. The summed E-state index contributed by atoms with van der Waals surface area (Å²) in [6.07, 6.45) is -4.13. The van der Waals surface area contributed by atoms with Crippen molar-refractivity contribution >= 4 is 11.5 Å². The van der Waals surface area contributed by atoms with Crippen LogP contribution in [-0.2, 0) is 0 Å². The van der Waals surface area contributed by atoms with Crippen LogP contribution in [0.25, 0.3) is 0 Å². The molecule has 1 aromatic rings. The van der Waals surface area contributed by atoms with E-state index < -0.39 is 12.6 Å². The highest BCUT2D eigenvalue weighted by Crippen LogP contribution is 2.26. The zero-order chi connectivity index (χ0) is 13.8. The standard InChI is InChI=1S/C10H15F3N4O/c1-6(2)18-9-7(14)8(16-5-17-9)15-4-3-10(11,12)13/h5-6H,3-4,14H2,1-2H3,(H,15,16,17). The van der Waals surface area contributed by atoms with Gasteiger partial charge in [-0.1, -0.05) is 0 Å². The van der Waals surface area contributed by atoms with Gasteiger partial charge in [-0.2, -0.15) is 18.2 Å². The van der Waals surface area contributed by atoms with E-state index in [0.29, 0.717) is 0 Å². The third-order valence-electron chi connectivity index (χ3n) is 1.90. The average Bonchev–Trinajstić information content (AvgIpc) is 2.21. The summed E-state index contributed by atoms with van der Waals surface area (Å²) in [7, 11) is 0. The van der Waals surface area contributed by atoms with Gasteiger partial charge in [0.15, 0.2) is 5.82 Å². The Bertz CT molecular complexity index is 395. The minimum atomic E-state index is -4.22. The van der Waals surface area contributed by atoms with Gasteiger partial charge in [0.05, 0.1) is 12.5 Å². The Kier molecular flexibility index (Phi) is 4.57. The van der Waals surface area contributed by atoms with E-state index >= 15 is 0 Å². The molecule has 0 bridgehead atoms. The fourth-order valence-corrected chi connectivity index (χ4v) is 1.16. The zero-order valence-corrected chi connectivity index (χ0v) is 10.1. The van der Waals surface area contributed by atoms with Gasteiger partial charge in [-0.05, 0) is 13.8 Å². The Morgan fingerprint density at radius 2 is 2.06 bits per heavy atom. The van der Waals surface area contributed by atoms with Crippen molar-refractivity contribution in [3.8, 4) is 5.88 Å². The SMILES string of the molecule is CC(C)Oc1ncnc(NCCC(F)(F)F)c1N. The van der Waals surface area contributed by atoms with Gasteiger partial charge in [0.25, 0.3) is 0 Å². The highest BCUT2D eigenvalue weighted by molar-refractivity contribution is 5.66. The Balaban J connectivity index is 2.66. The van der Waals surface area contributed by atoms with Gasteiger partial charge in [-0.25, -0.2) is 4.98 Å². The highest BCUT2D eigenvalue weighted by atomic mass is 19.4. The third-order valence-corrected chi connectivity index (χ3v) is 1.90. The van der Waals surface area contributed by atoms with Crippen LogP contribution in [0.2, 0.25) is 0 Å². The van der Waals surface area contributed by atoms with Gasteiger partial charge in [0.2, 0.25) is 5.88 Å². The summed E-state index contributed by atoms with van der Waals surface area (Å²) in [5, 5.41) is 2.51. The van der Waals surface area contributed by atoms with E-state index in [1.54, 1.807) is 13.8 Å². The van der Waals surface area contributed by atoms with Gasteiger partial charge in [-0.3, -0.25) is 0 Å². The Labute approximate surface area is 103 Å². The molecule has 0 spiro atoms. The minimum Gasteiger partial charge on any atom is -0.473 e. The van der Waals surface area contributed by atoms with Crippen molar-refractivity contribution in [2.45, 2.75) is 32.5 Å². The fourth-order valence-electron chi connectivity index (χ4n) is 1.16. The summed E-state index contributed by atoms with van der Waals surface area (Å²) >= 11 is 0. The second-order valence-corrected chi connectivity index (χ2v) is 3.90. The number of ether oxygens (including phenoxy) is 1. The molecule has 1 rings (SSSR count). The Hall–Kier alpha value is -1.73. The van der Waals surface area contributed by atoms with Gasteiger partial charge in [0.1, 0.15) is 12.0 Å². The van der Waals surface area contributed by atoms with E-state index in [0.717, 1.165) is 0 Å². The smallest absolute Gasteiger partial charge is 0.390 e. The summed E-state index contributed by atoms with van der Waals surface area (Å²) in [6.45, 7) is 3.28. The average molecular weight is 264 g/mol. The predicted octanol–water partition coefficient (Wildman–Crippen LogP) is 2.21. The topological polar surface area (TPSA) is 73.1 Å². The molecule has 102 valence electrons. The molecule has 0 radical (unpaired) electrons. The number of hydrogen-bond acceptors (Lipinski definition) is 5. The van der Waals surface area contributed by atoms with Gasteiger partial charge >= 0.3 is 6.18 Å². The molecule has 0 saturated heterocycles. The van der Waals surface area contributed by atoms with E-state index in [1.165, 1.54) is 6.33 Å². The van der Waals surface area contributed by atoms with Crippen LogP contribution in [0.1, 0.15) is 20.3 Å². The molecule has 0 amide bonds. The Morgan fingerprint density at radius 3 is 2.61 bits per heavy atom. The summed E-state index contributed by atoms with van der Waals surface area (Å²) in [6, 6.07) is 0. The molecule has 5 nitrogen and oxygen atoms in total. The van der Waals surface area contributed by atoms with Crippen LogP contribution in [-0.4, -0.2) is 28.8 Å². The van der Waals surface area contributed by atoms with Crippen LogP contribution in [0.4, 0.5) is 24.7 Å². The van der Waals surface area contributed by atoms with Crippen LogP contribution in [0.5, 0.6) is 5.88 Å². The van der Waals surface area contributed by atoms with E-state index in [1.807, 2.05) is 0 Å². The molecule has 3 N–H and O–H groups in total. The second kappa shape index (κ2) is 5.74. The second-order valence-electron chi connectivity index (χ2n) is 3.90. The fraction of sp³-hybridized carbons (Fsp3) is 0.600. The monoisotopic (exact) mass is 264 g/mol. The Morgan fingerprint density at radius 1 is 1.39 bits per heavy atom. The number of nitrogen functional groups attached to an aromatic ring is 1. The van der Waals surface area contributed by atoms with Gasteiger partial charge < -0.3 is 15.8 Å². The van der Waals surface area contributed by atoms with E-state index in [9.17, 15) is 13.2 Å². The predicted molar refractivity (Wildman–Crippen MR) is 61.4 cm³/mol. The first-order valence-electron chi connectivity index (χ1n) is 5.37. The summed E-state index contributed by atoms with van der Waals surface area (Å²) in [4.78, 5) is 7.59. The minimum absolute atomic E-state index is 0.105. The zero-order valence-electron chi connectivity index (χ0n) is 10.1. The molecule has 0 unspecified atom stereocenters. The van der Waals surface area contributed by atoms with Gasteiger partial charge in [0, 0.05) is 6.54 Å². The maximum absolute atomic E-state index is 12.0. The lowest BCUT2D eigenvalue weighted by Gasteiger charge is -2.14. The molecular weight excluding hydrogens is 249 g/mol. The van der Waals surface area contributed by atoms with Crippen molar-refractivity contribution in [2.24, 2.45) is 0 Å². The molecule has 0 aliphatic carbocycles. The quantitative estimate of drug-likeness (QED) is 0.853. The molecule has 0 aliphatic rings. The van der Waals surface area contributed by atoms with E-state index in [4.69, 9.17) is 10.5 Å². The number of nitrogens with one attached hydrogen (secondary N) is 1. The van der Waals surface area contributed by atoms with Crippen LogP contribution in [0.15, 0.2) is 6.33 Å². The number of hydrogen-bond donors (Lipinski definition) is 2. The van der Waals surface area contributed by atoms with Crippen molar-refractivity contribution in [3.63, 3.8) is 0 Å². The summed E-state index contributed by atoms with van der Waals surface area (Å²) < 4.78 is 41.2. The number of alkyl halides is 3. The van der Waals surface area contributed by atoms with Crippen molar-refractivity contribution in [1.82, 2.24) is 9.97 Å². The first-order valence-corrected chi connectivity index (χ1v) is 5.37. The van der Waals surface area contributed by atoms with Crippen LogP contribution >= 0.6 is 0 Å². The van der Waals surface area contributed by atoms with E-state index in [-0.39, 0.29) is 30.0 Å². The lowest BCUT2D eigenvalue weighted by atomic mass is 10.4. The normalized spacial score (nSPS) is 11.7. The molecule has 0 saturated carbocycles. The first kappa shape index (κ1) is 14.3. The largest absolute Gasteiger partial charge is 0.473 e. The molecule has 1 aromatic heterocycles. The molecule has 18 heavy (non-hydrogen) atoms. The first-order chi connectivity index (χ1) is 8.29. The van der Waals surface area contributed by atoms with Crippen LogP contribution in [0.3, 0.4) is 0 Å². The lowest BCUT2D eigenvalue weighted by molar-refractivity contribution is -0.131. The van der Waals surface area contributed by atoms with Crippen molar-refractivity contribution in [3.05, 3.63) is 6.33 Å². The number of halogens is 3. The summed E-state index contributed by atoms with van der Waals surface area (Å²) in [5.41, 5.74) is 5.79. The van der Waals surface area contributed by atoms with Crippen LogP contribution < -0.4 is 15.8 Å². The molecule has 0 fully saturated rings. The summed E-state index contributed by atoms with van der Waals surface area (Å²) in [5.74, 6) is 0.305. The number of anilines is 2. The van der Waals surface area contributed by atoms with Crippen molar-refractivity contribution < 1.29 is 17.9 Å². The van der Waals surface area contributed by atoms with E-state index in [2.05, 4.69) is 15.3 Å². The molecule has 1 heterocycles. The van der Waals surface area contributed by atoms with Crippen molar-refractivity contribution in [2.75, 3.05) is 17.6 Å². The highest BCUT2D eigenvalue weighted by Gasteiger charge is 2.26. The molecular formula is C10H15F3N4O. The number of aromatic nitrogens is 2. The number of rotatable bonds is 5.